The van der Waals surface area contributed by atoms with Crippen molar-refractivity contribution in [2.24, 2.45) is 0 Å². The summed E-state index contributed by atoms with van der Waals surface area (Å²) in [4.78, 5) is 16.0. The first-order valence-electron chi connectivity index (χ1n) is 6.01. The topological polar surface area (TPSA) is 96.4 Å². The molecule has 0 saturated heterocycles. The van der Waals surface area contributed by atoms with Gasteiger partial charge in [-0.05, 0) is 38.5 Å². The van der Waals surface area contributed by atoms with Gasteiger partial charge in [0.2, 0.25) is 0 Å². The van der Waals surface area contributed by atoms with Gasteiger partial charge in [0.15, 0.2) is 5.13 Å². The zero-order valence-electron chi connectivity index (χ0n) is 11.7. The van der Waals surface area contributed by atoms with Gasteiger partial charge in [-0.3, -0.25) is 4.72 Å². The van der Waals surface area contributed by atoms with E-state index >= 15 is 0 Å². The number of thiazole rings is 1. The van der Waals surface area contributed by atoms with Crippen LogP contribution in [0.5, 0.6) is 0 Å². The van der Waals surface area contributed by atoms with Crippen molar-refractivity contribution in [2.75, 3.05) is 4.72 Å². The third-order valence-electron chi connectivity index (χ3n) is 3.00. The van der Waals surface area contributed by atoms with E-state index in [1.165, 1.54) is 23.5 Å². The third kappa shape index (κ3) is 3.22. The number of hydrogen-bond donors (Lipinski definition) is 2. The van der Waals surface area contributed by atoms with E-state index in [1.54, 1.807) is 13.8 Å². The molecule has 6 nitrogen and oxygen atoms in total. The van der Waals surface area contributed by atoms with Crippen LogP contribution in [-0.2, 0) is 10.0 Å². The Labute approximate surface area is 126 Å². The van der Waals surface area contributed by atoms with Crippen molar-refractivity contribution in [3.8, 4) is 0 Å². The fourth-order valence-corrected chi connectivity index (χ4v) is 3.76. The molecule has 2 rings (SSSR count). The minimum Gasteiger partial charge on any atom is -0.478 e. The minimum absolute atomic E-state index is 0.0376. The molecule has 21 heavy (non-hydrogen) atoms. The lowest BCUT2D eigenvalue weighted by atomic mass is 10.1. The van der Waals surface area contributed by atoms with Crippen molar-refractivity contribution in [1.29, 1.82) is 0 Å². The summed E-state index contributed by atoms with van der Waals surface area (Å²) in [5.74, 6) is -1.16. The van der Waals surface area contributed by atoms with Crippen LogP contribution >= 0.6 is 11.3 Å². The summed E-state index contributed by atoms with van der Waals surface area (Å²) in [5, 5.41) is 9.33. The Morgan fingerprint density at radius 2 is 1.95 bits per heavy atom. The second-order valence-electron chi connectivity index (χ2n) is 4.55. The molecule has 0 bridgehead atoms. The zero-order chi connectivity index (χ0) is 15.8. The Bertz CT molecular complexity index is 790. The molecule has 0 aliphatic heterocycles. The molecule has 0 radical (unpaired) electrons. The van der Waals surface area contributed by atoms with E-state index in [0.29, 0.717) is 5.56 Å². The second-order valence-corrected chi connectivity index (χ2v) is 7.43. The molecule has 2 aromatic rings. The van der Waals surface area contributed by atoms with Gasteiger partial charge < -0.3 is 5.11 Å². The van der Waals surface area contributed by atoms with E-state index in [4.69, 9.17) is 5.11 Å². The number of nitrogens with one attached hydrogen (secondary N) is 1. The first-order chi connectivity index (χ1) is 9.70. The van der Waals surface area contributed by atoms with Gasteiger partial charge in [-0.25, -0.2) is 18.2 Å². The van der Waals surface area contributed by atoms with Crippen LogP contribution in [-0.4, -0.2) is 24.5 Å². The Morgan fingerprint density at radius 3 is 2.48 bits per heavy atom. The maximum atomic E-state index is 12.3. The average molecular weight is 326 g/mol. The summed E-state index contributed by atoms with van der Waals surface area (Å²) in [5.41, 5.74) is 1.22. The summed E-state index contributed by atoms with van der Waals surface area (Å²) < 4.78 is 26.9. The van der Waals surface area contributed by atoms with Crippen molar-refractivity contribution in [1.82, 2.24) is 4.98 Å². The van der Waals surface area contributed by atoms with Crippen molar-refractivity contribution < 1.29 is 18.3 Å². The van der Waals surface area contributed by atoms with Gasteiger partial charge in [-0.15, -0.1) is 11.3 Å². The predicted molar refractivity (Wildman–Crippen MR) is 80.5 cm³/mol. The highest BCUT2D eigenvalue weighted by Crippen LogP contribution is 2.24. The first-order valence-corrected chi connectivity index (χ1v) is 8.31. The molecular weight excluding hydrogens is 312 g/mol. The molecule has 1 heterocycles. The third-order valence-corrected chi connectivity index (χ3v) is 5.45. The van der Waals surface area contributed by atoms with Gasteiger partial charge in [-0.1, -0.05) is 6.07 Å². The Balaban J connectivity index is 2.40. The monoisotopic (exact) mass is 326 g/mol. The maximum absolute atomic E-state index is 12.3. The number of aromatic nitrogens is 1. The Morgan fingerprint density at radius 1 is 1.29 bits per heavy atom. The van der Waals surface area contributed by atoms with Crippen LogP contribution in [0.25, 0.3) is 0 Å². The smallest absolute Gasteiger partial charge is 0.335 e. The number of carboxylic acids is 1. The molecule has 0 atom stereocenters. The van der Waals surface area contributed by atoms with Crippen LogP contribution < -0.4 is 4.72 Å². The molecular formula is C13H14N2O4S2. The molecule has 0 spiro atoms. The summed E-state index contributed by atoms with van der Waals surface area (Å²) >= 11 is 1.23. The summed E-state index contributed by atoms with van der Waals surface area (Å²) in [6.07, 6.45) is 0. The summed E-state index contributed by atoms with van der Waals surface area (Å²) in [6.45, 7) is 5.25. The number of hydrogen-bond acceptors (Lipinski definition) is 5. The van der Waals surface area contributed by atoms with Crippen molar-refractivity contribution >= 4 is 32.5 Å². The highest BCUT2D eigenvalue weighted by atomic mass is 32.2. The number of aryl methyl sites for hydroxylation is 3. The number of sulfonamides is 1. The van der Waals surface area contributed by atoms with Crippen LogP contribution in [0.1, 0.15) is 26.5 Å². The largest absolute Gasteiger partial charge is 0.478 e. The second kappa shape index (κ2) is 5.45. The van der Waals surface area contributed by atoms with E-state index in [9.17, 15) is 13.2 Å². The van der Waals surface area contributed by atoms with Crippen molar-refractivity contribution in [3.63, 3.8) is 0 Å². The zero-order valence-corrected chi connectivity index (χ0v) is 13.3. The van der Waals surface area contributed by atoms with Crippen LogP contribution in [0.15, 0.2) is 23.1 Å². The van der Waals surface area contributed by atoms with Crippen LogP contribution in [0.4, 0.5) is 5.13 Å². The standard InChI is InChI=1S/C13H14N2O4S2/c1-7-4-5-10(6-11(7)12(16)17)21(18,19)15-13-14-8(2)9(3)20-13/h4-6H,1-3H3,(H,14,15)(H,16,17). The molecule has 0 unspecified atom stereocenters. The minimum atomic E-state index is -3.85. The number of aromatic carboxylic acids is 1. The fraction of sp³-hybridized carbons (Fsp3) is 0.231. The van der Waals surface area contributed by atoms with Gasteiger partial charge in [0.05, 0.1) is 16.2 Å². The van der Waals surface area contributed by atoms with E-state index in [1.807, 2.05) is 6.92 Å². The number of nitrogens with zero attached hydrogens (tertiary/aromatic N) is 1. The fourth-order valence-electron chi connectivity index (χ4n) is 1.69. The number of anilines is 1. The Hall–Kier alpha value is -1.93. The lowest BCUT2D eigenvalue weighted by Crippen LogP contribution is -2.14. The quantitative estimate of drug-likeness (QED) is 0.900. The number of carbonyl (C=O) groups is 1. The van der Waals surface area contributed by atoms with E-state index in [0.717, 1.165) is 16.6 Å². The van der Waals surface area contributed by atoms with Crippen molar-refractivity contribution in [2.45, 2.75) is 25.7 Å². The molecule has 2 N–H and O–H groups in total. The predicted octanol–water partition coefficient (Wildman–Crippen LogP) is 2.57. The first kappa shape index (κ1) is 15.5. The summed E-state index contributed by atoms with van der Waals surface area (Å²) in [6, 6.07) is 3.99. The number of carboxylic acid groups (broad SMARTS) is 1. The van der Waals surface area contributed by atoms with E-state index in [-0.39, 0.29) is 15.6 Å². The number of rotatable bonds is 4. The maximum Gasteiger partial charge on any atom is 0.335 e. The molecule has 1 aromatic carbocycles. The molecule has 0 aliphatic rings. The number of benzene rings is 1. The molecule has 0 amide bonds. The molecule has 112 valence electrons. The Kier molecular flexibility index (Phi) is 4.02. The highest BCUT2D eigenvalue weighted by Gasteiger charge is 2.19. The van der Waals surface area contributed by atoms with E-state index in [2.05, 4.69) is 9.71 Å². The van der Waals surface area contributed by atoms with Crippen LogP contribution in [0.2, 0.25) is 0 Å². The molecule has 0 aliphatic carbocycles. The van der Waals surface area contributed by atoms with Gasteiger partial charge in [0, 0.05) is 4.88 Å². The van der Waals surface area contributed by atoms with Gasteiger partial charge in [0.1, 0.15) is 0 Å². The normalized spacial score (nSPS) is 11.4. The van der Waals surface area contributed by atoms with Crippen LogP contribution in [0.3, 0.4) is 0 Å². The lowest BCUT2D eigenvalue weighted by molar-refractivity contribution is 0.0696. The average Bonchev–Trinajstić information content (AvgIpc) is 2.67. The van der Waals surface area contributed by atoms with E-state index < -0.39 is 16.0 Å². The lowest BCUT2D eigenvalue weighted by Gasteiger charge is -2.07. The van der Waals surface area contributed by atoms with Crippen molar-refractivity contribution in [3.05, 3.63) is 39.9 Å². The van der Waals surface area contributed by atoms with Gasteiger partial charge in [-0.2, -0.15) is 0 Å². The highest BCUT2D eigenvalue weighted by molar-refractivity contribution is 7.93. The summed E-state index contributed by atoms with van der Waals surface area (Å²) in [7, 11) is -3.85. The molecule has 0 fully saturated rings. The van der Waals surface area contributed by atoms with Gasteiger partial charge in [0.25, 0.3) is 10.0 Å². The molecule has 8 heteroatoms. The molecule has 1 aromatic heterocycles. The SMILES string of the molecule is Cc1ccc(S(=O)(=O)Nc2nc(C)c(C)s2)cc1C(=O)O. The van der Waals surface area contributed by atoms with Gasteiger partial charge >= 0.3 is 5.97 Å². The molecule has 0 saturated carbocycles. The van der Waals surface area contributed by atoms with Crippen LogP contribution in [0, 0.1) is 20.8 Å².